The van der Waals surface area contributed by atoms with Gasteiger partial charge in [0.05, 0.1) is 18.3 Å². The Kier molecular flexibility index (Phi) is 5.13. The molecular formula is C17H24FN3O2. The van der Waals surface area contributed by atoms with E-state index in [-0.39, 0.29) is 17.8 Å². The molecule has 1 atom stereocenters. The van der Waals surface area contributed by atoms with Crippen LogP contribution in [0, 0.1) is 5.82 Å². The molecule has 2 fully saturated rings. The highest BCUT2D eigenvalue weighted by Gasteiger charge is 2.25. The standard InChI is InChI=1S/C17H24FN3O2/c18-15-5-1-2-6-16(15)20-8-10-21(11-9-20)17(23)13-19-7-3-4-14(22)12-19/h1-2,5-6,14,22H,3-4,7-13H2. The van der Waals surface area contributed by atoms with Crippen LogP contribution in [0.25, 0.3) is 0 Å². The van der Waals surface area contributed by atoms with Gasteiger partial charge in [0, 0.05) is 32.7 Å². The lowest BCUT2D eigenvalue weighted by atomic mass is 10.1. The van der Waals surface area contributed by atoms with Crippen LogP contribution in [0.5, 0.6) is 0 Å². The zero-order valence-corrected chi connectivity index (χ0v) is 13.3. The van der Waals surface area contributed by atoms with Crippen LogP contribution in [-0.4, -0.2) is 72.7 Å². The number of likely N-dealkylation sites (tertiary alicyclic amines) is 1. The minimum absolute atomic E-state index is 0.104. The maximum atomic E-state index is 13.8. The molecule has 23 heavy (non-hydrogen) atoms. The van der Waals surface area contributed by atoms with Crippen LogP contribution < -0.4 is 4.90 Å². The number of rotatable bonds is 3. The van der Waals surface area contributed by atoms with Crippen molar-refractivity contribution in [1.29, 1.82) is 0 Å². The second kappa shape index (κ2) is 7.27. The maximum absolute atomic E-state index is 13.8. The highest BCUT2D eigenvalue weighted by atomic mass is 19.1. The van der Waals surface area contributed by atoms with Crippen molar-refractivity contribution in [3.05, 3.63) is 30.1 Å². The number of hydrogen-bond acceptors (Lipinski definition) is 4. The molecule has 6 heteroatoms. The lowest BCUT2D eigenvalue weighted by molar-refractivity contribution is -0.133. The molecule has 2 aliphatic heterocycles. The van der Waals surface area contributed by atoms with E-state index in [0.717, 1.165) is 19.4 Å². The number of aliphatic hydroxyl groups excluding tert-OH is 1. The van der Waals surface area contributed by atoms with Crippen molar-refractivity contribution in [3.63, 3.8) is 0 Å². The van der Waals surface area contributed by atoms with Crippen LogP contribution in [0.15, 0.2) is 24.3 Å². The van der Waals surface area contributed by atoms with Gasteiger partial charge in [-0.15, -0.1) is 0 Å². The van der Waals surface area contributed by atoms with E-state index in [9.17, 15) is 14.3 Å². The Morgan fingerprint density at radius 1 is 1.17 bits per heavy atom. The summed E-state index contributed by atoms with van der Waals surface area (Å²) in [6.45, 7) is 4.35. The minimum Gasteiger partial charge on any atom is -0.392 e. The van der Waals surface area contributed by atoms with Crippen LogP contribution >= 0.6 is 0 Å². The lowest BCUT2D eigenvalue weighted by Gasteiger charge is -2.37. The number of nitrogens with zero attached hydrogens (tertiary/aromatic N) is 3. The van der Waals surface area contributed by atoms with E-state index in [2.05, 4.69) is 0 Å². The third-order valence-corrected chi connectivity index (χ3v) is 4.67. The molecule has 5 nitrogen and oxygen atoms in total. The van der Waals surface area contributed by atoms with Gasteiger partial charge >= 0.3 is 0 Å². The Balaban J connectivity index is 1.50. The second-order valence-corrected chi connectivity index (χ2v) is 6.35. The summed E-state index contributed by atoms with van der Waals surface area (Å²) >= 11 is 0. The summed E-state index contributed by atoms with van der Waals surface area (Å²) in [4.78, 5) is 18.3. The Morgan fingerprint density at radius 3 is 2.61 bits per heavy atom. The third-order valence-electron chi connectivity index (χ3n) is 4.67. The molecule has 1 aromatic rings. The normalized spacial score (nSPS) is 23.1. The van der Waals surface area contributed by atoms with Gasteiger partial charge in [0.25, 0.3) is 0 Å². The van der Waals surface area contributed by atoms with Crippen molar-refractivity contribution in [2.24, 2.45) is 0 Å². The summed E-state index contributed by atoms with van der Waals surface area (Å²) in [5, 5.41) is 9.68. The van der Waals surface area contributed by atoms with Crippen molar-refractivity contribution in [1.82, 2.24) is 9.80 Å². The number of hydrogen-bond donors (Lipinski definition) is 1. The van der Waals surface area contributed by atoms with Gasteiger partial charge in [-0.05, 0) is 31.5 Å². The fourth-order valence-corrected chi connectivity index (χ4v) is 3.37. The van der Waals surface area contributed by atoms with Gasteiger partial charge in [0.15, 0.2) is 0 Å². The molecule has 1 N–H and O–H groups in total. The van der Waals surface area contributed by atoms with Crippen LogP contribution in [0.4, 0.5) is 10.1 Å². The number of benzene rings is 1. The highest BCUT2D eigenvalue weighted by molar-refractivity contribution is 5.78. The largest absolute Gasteiger partial charge is 0.392 e. The molecule has 0 aromatic heterocycles. The summed E-state index contributed by atoms with van der Waals surface area (Å²) in [5.41, 5.74) is 0.610. The summed E-state index contributed by atoms with van der Waals surface area (Å²) in [6, 6.07) is 6.76. The molecule has 3 rings (SSSR count). The second-order valence-electron chi connectivity index (χ2n) is 6.35. The van der Waals surface area contributed by atoms with Gasteiger partial charge in [-0.1, -0.05) is 12.1 Å². The van der Waals surface area contributed by atoms with Gasteiger partial charge in [0.2, 0.25) is 5.91 Å². The molecular weight excluding hydrogens is 297 g/mol. The first-order chi connectivity index (χ1) is 11.1. The van der Waals surface area contributed by atoms with Crippen molar-refractivity contribution in [3.8, 4) is 0 Å². The SMILES string of the molecule is O=C(CN1CCCC(O)C1)N1CCN(c2ccccc2F)CC1. The number of aliphatic hydroxyl groups is 1. The zero-order chi connectivity index (χ0) is 16.2. The predicted molar refractivity (Wildman–Crippen MR) is 86.9 cm³/mol. The number of halogens is 1. The topological polar surface area (TPSA) is 47.0 Å². The molecule has 0 radical (unpaired) electrons. The molecule has 2 heterocycles. The Morgan fingerprint density at radius 2 is 1.91 bits per heavy atom. The van der Waals surface area contributed by atoms with E-state index in [1.165, 1.54) is 6.07 Å². The zero-order valence-electron chi connectivity index (χ0n) is 13.3. The third kappa shape index (κ3) is 4.00. The van der Waals surface area contributed by atoms with E-state index in [4.69, 9.17) is 0 Å². The number of para-hydroxylation sites is 1. The average Bonchev–Trinajstić information content (AvgIpc) is 2.55. The lowest BCUT2D eigenvalue weighted by Crippen LogP contribution is -2.52. The number of piperidine rings is 1. The van der Waals surface area contributed by atoms with E-state index in [1.54, 1.807) is 12.1 Å². The molecule has 2 aliphatic rings. The number of amides is 1. The van der Waals surface area contributed by atoms with Crippen molar-refractivity contribution < 1.29 is 14.3 Å². The van der Waals surface area contributed by atoms with Gasteiger partial charge in [-0.3, -0.25) is 9.69 Å². The number of piperazine rings is 1. The van der Waals surface area contributed by atoms with Gasteiger partial charge in [-0.25, -0.2) is 4.39 Å². The summed E-state index contributed by atoms with van der Waals surface area (Å²) in [6.07, 6.45) is 1.45. The van der Waals surface area contributed by atoms with Crippen molar-refractivity contribution >= 4 is 11.6 Å². The van der Waals surface area contributed by atoms with E-state index in [1.807, 2.05) is 20.8 Å². The molecule has 1 amide bonds. The number of carbonyl (C=O) groups excluding carboxylic acids is 1. The first-order valence-electron chi connectivity index (χ1n) is 8.31. The molecule has 2 saturated heterocycles. The Bertz CT molecular complexity index is 546. The molecule has 0 spiro atoms. The van der Waals surface area contributed by atoms with Crippen molar-refractivity contribution in [2.45, 2.75) is 18.9 Å². The number of β-amino-alcohol motifs (C(OH)–C–C–N with tert-alkyl or cyclic N) is 1. The molecule has 126 valence electrons. The molecule has 0 aliphatic carbocycles. The number of anilines is 1. The fraction of sp³-hybridized carbons (Fsp3) is 0.588. The van der Waals surface area contributed by atoms with Gasteiger partial charge < -0.3 is 14.9 Å². The molecule has 0 saturated carbocycles. The number of carbonyl (C=O) groups is 1. The average molecular weight is 321 g/mol. The minimum atomic E-state index is -0.311. The van der Waals surface area contributed by atoms with Gasteiger partial charge in [0.1, 0.15) is 5.82 Å². The molecule has 0 bridgehead atoms. The van der Waals surface area contributed by atoms with E-state index < -0.39 is 0 Å². The first kappa shape index (κ1) is 16.2. The smallest absolute Gasteiger partial charge is 0.236 e. The van der Waals surface area contributed by atoms with Crippen LogP contribution in [0.1, 0.15) is 12.8 Å². The predicted octanol–water partition coefficient (Wildman–Crippen LogP) is 0.931. The maximum Gasteiger partial charge on any atom is 0.236 e. The quantitative estimate of drug-likeness (QED) is 0.900. The summed E-state index contributed by atoms with van der Waals surface area (Å²) in [5.74, 6) is -0.109. The molecule has 1 aromatic carbocycles. The first-order valence-corrected chi connectivity index (χ1v) is 8.31. The van der Waals surface area contributed by atoms with Crippen molar-refractivity contribution in [2.75, 3.05) is 50.7 Å². The van der Waals surface area contributed by atoms with Crippen LogP contribution in [-0.2, 0) is 4.79 Å². The molecule has 1 unspecified atom stereocenters. The van der Waals surface area contributed by atoms with Crippen LogP contribution in [0.2, 0.25) is 0 Å². The van der Waals surface area contributed by atoms with E-state index in [0.29, 0.717) is 45.0 Å². The highest BCUT2D eigenvalue weighted by Crippen LogP contribution is 2.20. The summed E-state index contributed by atoms with van der Waals surface area (Å²) in [7, 11) is 0. The Labute approximate surface area is 136 Å². The Hall–Kier alpha value is -1.66. The van der Waals surface area contributed by atoms with Crippen LogP contribution in [0.3, 0.4) is 0 Å². The summed E-state index contributed by atoms with van der Waals surface area (Å²) < 4.78 is 13.8. The van der Waals surface area contributed by atoms with Gasteiger partial charge in [-0.2, -0.15) is 0 Å². The fourth-order valence-electron chi connectivity index (χ4n) is 3.37. The monoisotopic (exact) mass is 321 g/mol. The van der Waals surface area contributed by atoms with E-state index >= 15 is 0 Å².